The number of imidazole rings is 2. The summed E-state index contributed by atoms with van der Waals surface area (Å²) >= 11 is 0. The van der Waals surface area contributed by atoms with Crippen LogP contribution < -0.4 is 20.9 Å². The van der Waals surface area contributed by atoms with Gasteiger partial charge in [-0.1, -0.05) is 38.1 Å². The van der Waals surface area contributed by atoms with Gasteiger partial charge in [-0.3, -0.25) is 4.79 Å². The Kier molecular flexibility index (Phi) is 16.6. The summed E-state index contributed by atoms with van der Waals surface area (Å²) in [4.78, 5) is 32.3. The van der Waals surface area contributed by atoms with Gasteiger partial charge in [-0.25, -0.2) is 45.2 Å². The van der Waals surface area contributed by atoms with Crippen LogP contribution in [0.4, 0.5) is 23.0 Å². The molecule has 21 heteroatoms. The van der Waals surface area contributed by atoms with Gasteiger partial charge in [0.1, 0.15) is 34.2 Å². The Hall–Kier alpha value is -5.32. The van der Waals surface area contributed by atoms with Crippen LogP contribution >= 0.6 is 0 Å². The maximum atomic E-state index is 11.6. The van der Waals surface area contributed by atoms with E-state index in [9.17, 15) is 30.0 Å². The van der Waals surface area contributed by atoms with E-state index in [4.69, 9.17) is 10.8 Å². The number of sulfone groups is 3. The monoisotopic (exact) mass is 978 g/mol. The number of Topliss-reactive ketones (excluding diaryl/α,β-unsaturated/α-hetero) is 1. The molecule has 2 aromatic carbocycles. The number of aromatic nitrogens is 6. The number of hydrogen-bond donors (Lipinski definition) is 3. The minimum atomic E-state index is -2.95. The molecular formula is C46H62N10O8S3. The van der Waals surface area contributed by atoms with Crippen molar-refractivity contribution in [2.75, 3.05) is 58.4 Å². The highest BCUT2D eigenvalue weighted by molar-refractivity contribution is 7.92. The number of carbonyl (C=O) groups is 1. The topological polar surface area (TPSA) is 246 Å². The summed E-state index contributed by atoms with van der Waals surface area (Å²) in [6.45, 7) is 5.54. The molecule has 0 radical (unpaired) electrons. The second-order valence-electron chi connectivity index (χ2n) is 17.1. The summed E-state index contributed by atoms with van der Waals surface area (Å²) in [6.07, 6.45) is 9.84. The van der Waals surface area contributed by atoms with Gasteiger partial charge >= 0.3 is 0 Å². The number of hydrogen-bond acceptors (Lipinski definition) is 16. The quantitative estimate of drug-likeness (QED) is 0.176. The predicted molar refractivity (Wildman–Crippen MR) is 264 cm³/mol. The number of ketones is 1. The van der Waals surface area contributed by atoms with Gasteiger partial charge in [0.2, 0.25) is 0 Å². The van der Waals surface area contributed by atoms with Gasteiger partial charge in [-0.05, 0) is 60.1 Å². The standard InChI is InChI=1S/C21H27N5O2S.C17H21N5.C4H8O3S.C4H6O3S/c1-4-16-9-15(11-22-17-7-8-29(27,28)13-17)5-6-19(16)26(3)21-10-20-18(12-23-21)24-14-25(20)2;1-4-13-7-12(9-18)5-6-15(13)22(3)17-8-16-14(10-19-17)20-11-21(16)2;2*5-4-1-2-8(6,7)3-4/h5-6,9-10,12,14,17,22H,4,7-8,11,13H2,1-3H3;5-8,10-11H,4,9,18H2,1-3H3;4-5H,1-3H2;1-3H2. The highest BCUT2D eigenvalue weighted by atomic mass is 32.2. The molecule has 4 aromatic heterocycles. The van der Waals surface area contributed by atoms with Gasteiger partial charge in [0.25, 0.3) is 0 Å². The van der Waals surface area contributed by atoms with Crippen molar-refractivity contribution in [1.82, 2.24) is 34.4 Å². The van der Waals surface area contributed by atoms with E-state index >= 15 is 0 Å². The van der Waals surface area contributed by atoms with Crippen LogP contribution in [-0.4, -0.2) is 126 Å². The zero-order chi connectivity index (χ0) is 48.7. The predicted octanol–water partition coefficient (Wildman–Crippen LogP) is 3.87. The van der Waals surface area contributed by atoms with Gasteiger partial charge in [-0.2, -0.15) is 0 Å². The van der Waals surface area contributed by atoms with Gasteiger partial charge in [0, 0.05) is 77.3 Å². The first-order valence-electron chi connectivity index (χ1n) is 22.2. The fraction of sp³-hybridized carbons (Fsp3) is 0.457. The average molecular weight is 979 g/mol. The minimum absolute atomic E-state index is 0.0347. The van der Waals surface area contributed by atoms with E-state index in [2.05, 4.69) is 97.4 Å². The fourth-order valence-electron chi connectivity index (χ4n) is 8.04. The molecule has 4 N–H and O–H groups in total. The number of aliphatic hydroxyl groups is 1. The SMILES string of the molecule is CCc1cc(CN)ccc1N(C)c1cc2c(cn1)ncn2C.CCc1cc(CNC2CCS(=O)(=O)C2)ccc1N(C)c1cc2c(cn1)ncn2C.O=C1CCS(=O)(=O)C1.O=S1(=O)CCC(O)C1. The third-order valence-corrected chi connectivity index (χ3v) is 17.1. The van der Waals surface area contributed by atoms with Gasteiger partial charge in [0.15, 0.2) is 29.5 Å². The number of nitrogens with two attached hydrogens (primary N) is 1. The van der Waals surface area contributed by atoms with Crippen LogP contribution in [0.5, 0.6) is 0 Å². The Morgan fingerprint density at radius 3 is 1.60 bits per heavy atom. The lowest BCUT2D eigenvalue weighted by molar-refractivity contribution is -0.115. The molecule has 3 aliphatic heterocycles. The Morgan fingerprint density at radius 2 is 1.21 bits per heavy atom. The number of anilines is 4. The molecule has 0 aliphatic carbocycles. The second kappa shape index (κ2) is 21.8. The van der Waals surface area contributed by atoms with Crippen LogP contribution in [0.2, 0.25) is 0 Å². The lowest BCUT2D eigenvalue weighted by Gasteiger charge is -2.22. The van der Waals surface area contributed by atoms with E-state index < -0.39 is 35.6 Å². The van der Waals surface area contributed by atoms with E-state index in [-0.39, 0.29) is 47.0 Å². The van der Waals surface area contributed by atoms with Crippen LogP contribution in [0.25, 0.3) is 22.1 Å². The Morgan fingerprint density at radius 1 is 0.701 bits per heavy atom. The zero-order valence-corrected chi connectivity index (χ0v) is 41.4. The summed E-state index contributed by atoms with van der Waals surface area (Å²) in [7, 11) is -0.605. The molecule has 3 saturated heterocycles. The molecule has 9 rings (SSSR count). The maximum absolute atomic E-state index is 11.6. The normalized spacial score (nSPS) is 19.0. The molecule has 0 spiro atoms. The summed E-state index contributed by atoms with van der Waals surface area (Å²) in [5, 5.41) is 12.1. The molecule has 362 valence electrons. The molecule has 3 fully saturated rings. The van der Waals surface area contributed by atoms with Gasteiger partial charge in [0.05, 0.1) is 70.9 Å². The molecule has 7 heterocycles. The molecule has 6 aromatic rings. The Balaban J connectivity index is 0.000000169. The van der Waals surface area contributed by atoms with E-state index in [0.717, 1.165) is 63.5 Å². The number of nitrogens with one attached hydrogen (secondary N) is 1. The lowest BCUT2D eigenvalue weighted by Crippen LogP contribution is -2.29. The molecule has 0 bridgehead atoms. The number of benzene rings is 2. The number of carbonyl (C=O) groups excluding carboxylic acids is 1. The van der Waals surface area contributed by atoms with Crippen molar-refractivity contribution in [2.45, 2.75) is 71.2 Å². The number of aliphatic hydroxyl groups excluding tert-OH is 1. The van der Waals surface area contributed by atoms with E-state index in [0.29, 0.717) is 31.7 Å². The summed E-state index contributed by atoms with van der Waals surface area (Å²) in [6, 6.07) is 17.0. The van der Waals surface area contributed by atoms with E-state index in [1.807, 2.05) is 49.8 Å². The van der Waals surface area contributed by atoms with E-state index in [1.165, 1.54) is 16.7 Å². The second-order valence-corrected chi connectivity index (χ2v) is 23.8. The molecule has 67 heavy (non-hydrogen) atoms. The van der Waals surface area contributed by atoms with Crippen LogP contribution in [0, 0.1) is 0 Å². The first-order chi connectivity index (χ1) is 31.7. The Labute approximate surface area is 393 Å². The van der Waals surface area contributed by atoms with Crippen molar-refractivity contribution in [1.29, 1.82) is 0 Å². The summed E-state index contributed by atoms with van der Waals surface area (Å²) < 4.78 is 69.1. The average Bonchev–Trinajstić information content (AvgIpc) is 4.13. The molecule has 0 saturated carbocycles. The number of fused-ring (bicyclic) bond motifs is 2. The number of pyridine rings is 2. The first-order valence-corrected chi connectivity index (χ1v) is 27.7. The molecular weight excluding hydrogens is 917 g/mol. The van der Waals surface area contributed by atoms with Crippen LogP contribution in [0.3, 0.4) is 0 Å². The lowest BCUT2D eigenvalue weighted by atomic mass is 10.0. The number of rotatable bonds is 10. The maximum Gasteiger partial charge on any atom is 0.157 e. The molecule has 3 aliphatic rings. The summed E-state index contributed by atoms with van der Waals surface area (Å²) in [5.74, 6) is 2.13. The Bertz CT molecular complexity index is 3050. The van der Waals surface area contributed by atoms with E-state index in [1.54, 1.807) is 12.5 Å². The van der Waals surface area contributed by atoms with Crippen molar-refractivity contribution in [3.8, 4) is 0 Å². The first kappa shape index (κ1) is 51.1. The fourth-order valence-corrected chi connectivity index (χ4v) is 12.6. The smallest absolute Gasteiger partial charge is 0.157 e. The van der Waals surface area contributed by atoms with Crippen LogP contribution in [0.1, 0.15) is 55.4 Å². The third kappa shape index (κ3) is 13.4. The molecule has 0 amide bonds. The van der Waals surface area contributed by atoms with Gasteiger partial charge < -0.3 is 35.1 Å². The highest BCUT2D eigenvalue weighted by Crippen LogP contribution is 2.30. The van der Waals surface area contributed by atoms with Crippen molar-refractivity contribution >= 4 is 80.4 Å². The van der Waals surface area contributed by atoms with Crippen molar-refractivity contribution in [2.24, 2.45) is 19.8 Å². The van der Waals surface area contributed by atoms with Crippen LogP contribution in [0.15, 0.2) is 73.6 Å². The van der Waals surface area contributed by atoms with Crippen molar-refractivity contribution < 1.29 is 35.2 Å². The zero-order valence-electron chi connectivity index (χ0n) is 39.0. The highest BCUT2D eigenvalue weighted by Gasteiger charge is 2.28. The van der Waals surface area contributed by atoms with Gasteiger partial charge in [-0.15, -0.1) is 0 Å². The number of aryl methyl sites for hydroxylation is 4. The molecule has 18 nitrogen and oxygen atoms in total. The number of nitrogens with zero attached hydrogens (tertiary/aromatic N) is 8. The van der Waals surface area contributed by atoms with Crippen LogP contribution in [-0.2, 0) is 74.3 Å². The largest absolute Gasteiger partial charge is 0.392 e. The third-order valence-electron chi connectivity index (χ3n) is 12.0. The van der Waals surface area contributed by atoms with Crippen molar-refractivity contribution in [3.05, 3.63) is 95.8 Å². The summed E-state index contributed by atoms with van der Waals surface area (Å²) in [5.41, 5.74) is 16.8. The molecule has 2 atom stereocenters. The minimum Gasteiger partial charge on any atom is -0.392 e. The molecule has 2 unspecified atom stereocenters. The van der Waals surface area contributed by atoms with Crippen molar-refractivity contribution in [3.63, 3.8) is 0 Å².